The van der Waals surface area contributed by atoms with Gasteiger partial charge < -0.3 is 80.8 Å². The Kier molecular flexibility index (Phi) is 50.7. The standard InChI is InChI=1S/C18H28N2O4.C14H21N3O3.C13H20N2O2.C11H15NO3.C8H17NO4S.C6H7NO.CNO.2Y/c1-18(2,3)24-17(21)19-15-6-4-7-16(14-15)23-11-5-8-20-9-12-22-13-10-20;15-14(18)16-12-3-1-4-13(11-12)20-8-2-5-17-6-9-19-10-7-17;14-12-3-1-4-13(11-12)17-8-2-5-15-6-9-16-10-7-15;1-11(2,3)15-10(14)12-8-5-4-6-9(13)7-8;1-14(10,11)13-6-2-3-9-4-7-12-8-5-9;7-5-2-1-3-6(8)4-5;2-1-3;;/h4,6-7,14H,5,8-13H2,1-3H3,(H,19,21);1,3-4,11H,2,5-10H2,(H3,15,16,18);1,3-4,11H,2,5-10,14H2;4-7,13H,1-3H3,(H,12,14);2-8H2,1H3;1-4,8H,7H2;;;/q;;;;;;-1;;/p-1. The number of phenolic OH excluding ortho intramolecular Hbond substituents is 2. The van der Waals surface area contributed by atoms with Crippen LogP contribution in [0.2, 0.25) is 0 Å². The molecule has 5 aromatic carbocycles. The number of morpholine rings is 4. The molecule has 4 fully saturated rings. The van der Waals surface area contributed by atoms with Gasteiger partial charge in [-0.25, -0.2) is 9.59 Å². The van der Waals surface area contributed by atoms with E-state index >= 15 is 0 Å². The number of amides is 4. The maximum atomic E-state index is 11.8. The quantitative estimate of drug-likeness (QED) is 0.0105. The van der Waals surface area contributed by atoms with E-state index in [0.29, 0.717) is 47.8 Å². The van der Waals surface area contributed by atoms with Crippen LogP contribution in [0.5, 0.6) is 28.7 Å². The molecule has 0 bridgehead atoms. The molecule has 4 aliphatic rings. The SMILES string of the molecule is CC(C)(C)OC(=O)Nc1cccc(O)c1.CC(C)(C)OC(=O)Nc1cccc(OCCCN2CCOCC2)c1.CS(=O)(=O)OCCCN1CCOCC1.Nc1cccc(O)c1.Nc1cccc(OCCCN2CCOCC2)c1.[N-]=C=O.[NH-]C(=O)Nc1cccc(OCCCN2CCOCC2)c1.[Y].[Y]. The van der Waals surface area contributed by atoms with E-state index in [-0.39, 0.29) is 83.5 Å². The van der Waals surface area contributed by atoms with Crippen LogP contribution in [-0.4, -0.2) is 238 Å². The molecule has 2 radical (unpaired) electrons. The van der Waals surface area contributed by atoms with Crippen molar-refractivity contribution in [2.24, 2.45) is 0 Å². The molecule has 0 atom stereocenters. The Hall–Kier alpha value is -6.31. The molecular weight excluding hydrogens is 1500 g/mol. The Balaban J connectivity index is 0.000000624. The van der Waals surface area contributed by atoms with Gasteiger partial charge in [0.05, 0.1) is 85.5 Å². The second kappa shape index (κ2) is 55.2. The summed E-state index contributed by atoms with van der Waals surface area (Å²) in [7, 11) is -3.27. The Labute approximate surface area is 658 Å². The first-order valence-corrected chi connectivity index (χ1v) is 35.3. The van der Waals surface area contributed by atoms with Crippen molar-refractivity contribution < 1.29 is 150 Å². The van der Waals surface area contributed by atoms with Crippen molar-refractivity contribution >= 4 is 62.9 Å². The molecule has 5 aromatic rings. The maximum Gasteiger partial charge on any atom is 0.412 e. The maximum absolute atomic E-state index is 11.8. The topological polar surface area (TPSA) is 382 Å². The van der Waals surface area contributed by atoms with E-state index in [0.717, 1.165) is 187 Å². The molecule has 29 nitrogen and oxygen atoms in total. The van der Waals surface area contributed by atoms with Crippen molar-refractivity contribution in [3.63, 3.8) is 0 Å². The van der Waals surface area contributed by atoms with Gasteiger partial charge in [0.15, 0.2) is 6.03 Å². The first kappa shape index (κ1) is 94.7. The Morgan fingerprint density at radius 2 is 0.786 bits per heavy atom. The number of anilines is 5. The minimum atomic E-state index is -3.27. The minimum Gasteiger partial charge on any atom is -0.724 e. The number of benzene rings is 5. The summed E-state index contributed by atoms with van der Waals surface area (Å²) in [5.41, 5.74) is 19.9. The number of nitrogens with two attached hydrogens (primary N) is 2. The van der Waals surface area contributed by atoms with Crippen molar-refractivity contribution in [2.75, 3.05) is 191 Å². The average molecular weight is 1610 g/mol. The summed E-state index contributed by atoms with van der Waals surface area (Å²) in [6.45, 7) is 31.6. The summed E-state index contributed by atoms with van der Waals surface area (Å²) in [6.07, 6.45) is 4.27. The fourth-order valence-corrected chi connectivity index (χ4v) is 9.67. The summed E-state index contributed by atoms with van der Waals surface area (Å²) in [4.78, 5) is 51.4. The molecule has 4 aliphatic heterocycles. The van der Waals surface area contributed by atoms with Gasteiger partial charge in [-0.1, -0.05) is 36.4 Å². The normalized spacial score (nSPS) is 14.6. The van der Waals surface area contributed by atoms with Crippen LogP contribution in [0.1, 0.15) is 67.2 Å². The van der Waals surface area contributed by atoms with Gasteiger partial charge >= 0.3 is 12.2 Å². The predicted molar refractivity (Wildman–Crippen MR) is 391 cm³/mol. The van der Waals surface area contributed by atoms with Crippen LogP contribution >= 0.6 is 0 Å². The van der Waals surface area contributed by atoms with Gasteiger partial charge in [0, 0.05) is 191 Å². The minimum absolute atomic E-state index is 0. The van der Waals surface area contributed by atoms with Crippen LogP contribution in [0.4, 0.5) is 42.8 Å². The smallest absolute Gasteiger partial charge is 0.412 e. The van der Waals surface area contributed by atoms with Crippen LogP contribution in [0.15, 0.2) is 121 Å². The molecule has 4 heterocycles. The van der Waals surface area contributed by atoms with E-state index in [4.69, 9.17) is 80.2 Å². The molecule has 4 saturated heterocycles. The van der Waals surface area contributed by atoms with Crippen LogP contribution in [-0.2, 0) is 113 Å². The zero-order chi connectivity index (χ0) is 74.2. The van der Waals surface area contributed by atoms with E-state index < -0.39 is 39.5 Å². The number of aromatic hydroxyl groups is 2. The van der Waals surface area contributed by atoms with E-state index in [2.05, 4.69) is 39.7 Å². The van der Waals surface area contributed by atoms with Crippen molar-refractivity contribution in [3.05, 3.63) is 132 Å². The molecule has 0 aliphatic carbocycles. The number of nitrogen functional groups attached to an aromatic ring is 2. The molecule has 0 aromatic heterocycles. The first-order chi connectivity index (χ1) is 48.1. The van der Waals surface area contributed by atoms with Crippen LogP contribution in [0, 0.1) is 0 Å². The molecule has 9 rings (SSSR count). The molecular formula is C71H107N11O18SY2-2. The third kappa shape index (κ3) is 52.3. The molecule has 568 valence electrons. The number of isocyanates is 1. The van der Waals surface area contributed by atoms with Gasteiger partial charge in [-0.2, -0.15) is 8.42 Å². The van der Waals surface area contributed by atoms with E-state index in [9.17, 15) is 22.8 Å². The summed E-state index contributed by atoms with van der Waals surface area (Å²) in [5.74, 6) is 2.62. The van der Waals surface area contributed by atoms with E-state index in [1.807, 2.05) is 69.3 Å². The van der Waals surface area contributed by atoms with Gasteiger partial charge in [-0.15, -0.1) is 0 Å². The van der Waals surface area contributed by atoms with E-state index in [1.165, 1.54) is 18.2 Å². The predicted octanol–water partition coefficient (Wildman–Crippen LogP) is 10.2. The second-order valence-electron chi connectivity index (χ2n) is 24.9. The van der Waals surface area contributed by atoms with Gasteiger partial charge in [0.25, 0.3) is 10.1 Å². The number of hydrogen-bond donors (Lipinski definition) is 7. The number of urea groups is 1. The van der Waals surface area contributed by atoms with Crippen LogP contribution < -0.4 is 41.6 Å². The molecule has 10 N–H and O–H groups in total. The fourth-order valence-electron chi connectivity index (χ4n) is 9.25. The third-order valence-electron chi connectivity index (χ3n) is 13.8. The number of nitrogens with zero attached hydrogens (tertiary/aromatic N) is 5. The molecule has 0 saturated carbocycles. The number of carbonyl (C=O) groups is 3. The number of hydrogen-bond acceptors (Lipinski definition) is 24. The second-order valence-corrected chi connectivity index (χ2v) is 26.5. The number of rotatable bonds is 23. The molecule has 0 unspecified atom stereocenters. The van der Waals surface area contributed by atoms with Crippen LogP contribution in [0.25, 0.3) is 11.1 Å². The van der Waals surface area contributed by atoms with Gasteiger partial charge in [-0.3, -0.25) is 44.0 Å². The Bertz CT molecular complexity index is 3240. The first-order valence-electron chi connectivity index (χ1n) is 33.5. The summed E-state index contributed by atoms with van der Waals surface area (Å²) in [5, 5.41) is 32.3. The summed E-state index contributed by atoms with van der Waals surface area (Å²) in [6, 6.07) is 34.0. The fraction of sp³-hybridized carbons (Fsp3) is 0.521. The van der Waals surface area contributed by atoms with Gasteiger partial charge in [0.1, 0.15) is 39.9 Å². The monoisotopic (exact) mass is 1610 g/mol. The number of phenols is 2. The Morgan fingerprint density at radius 1 is 0.495 bits per heavy atom. The largest absolute Gasteiger partial charge is 0.724 e. The van der Waals surface area contributed by atoms with Gasteiger partial charge in [-0.05, 0) is 140 Å². The van der Waals surface area contributed by atoms with E-state index in [1.54, 1.807) is 75.4 Å². The summed E-state index contributed by atoms with van der Waals surface area (Å²) >= 11 is 0. The molecule has 32 heteroatoms. The third-order valence-corrected chi connectivity index (χ3v) is 14.4. The van der Waals surface area contributed by atoms with Crippen LogP contribution in [0.3, 0.4) is 0 Å². The number of carbonyl (C=O) groups excluding carboxylic acids is 4. The molecule has 0 spiro atoms. The number of nitrogens with one attached hydrogen (secondary N) is 4. The summed E-state index contributed by atoms with van der Waals surface area (Å²) < 4.78 is 74.4. The Morgan fingerprint density at radius 3 is 1.09 bits per heavy atom. The zero-order valence-electron chi connectivity index (χ0n) is 60.7. The van der Waals surface area contributed by atoms with Gasteiger partial charge in [0.2, 0.25) is 0 Å². The molecule has 103 heavy (non-hydrogen) atoms. The zero-order valence-corrected chi connectivity index (χ0v) is 67.2. The van der Waals surface area contributed by atoms with Crippen molar-refractivity contribution in [2.45, 2.75) is 78.4 Å². The number of ether oxygens (including phenoxy) is 9. The van der Waals surface area contributed by atoms with Crippen molar-refractivity contribution in [1.29, 1.82) is 0 Å². The van der Waals surface area contributed by atoms with Crippen molar-refractivity contribution in [1.82, 2.24) is 19.6 Å². The average Bonchev–Trinajstić information content (AvgIpc) is 0.911. The molecule has 4 amide bonds. The van der Waals surface area contributed by atoms with Crippen molar-refractivity contribution in [3.8, 4) is 28.7 Å².